The number of aromatic nitrogens is 4. The van der Waals surface area contributed by atoms with Gasteiger partial charge in [0, 0.05) is 11.4 Å². The molecule has 1 amide bonds. The molecule has 0 fully saturated rings. The van der Waals surface area contributed by atoms with Crippen molar-refractivity contribution in [2.75, 3.05) is 5.43 Å². The lowest BCUT2D eigenvalue weighted by molar-refractivity contribution is -0.116. The summed E-state index contributed by atoms with van der Waals surface area (Å²) in [5, 5.41) is 4.40. The first kappa shape index (κ1) is 18.2. The lowest BCUT2D eigenvalue weighted by atomic mass is 10.1. The van der Waals surface area contributed by atoms with Crippen LogP contribution in [0.3, 0.4) is 0 Å². The van der Waals surface area contributed by atoms with Crippen molar-refractivity contribution in [3.8, 4) is 5.69 Å². The number of hydrogen-bond donors (Lipinski definition) is 2. The van der Waals surface area contributed by atoms with Crippen molar-refractivity contribution >= 4 is 17.6 Å². The van der Waals surface area contributed by atoms with Crippen molar-refractivity contribution in [2.45, 2.75) is 27.7 Å². The second-order valence-electron chi connectivity index (χ2n) is 6.18. The Bertz CT molecular complexity index is 990. The Morgan fingerprint density at radius 3 is 2.22 bits per heavy atom. The Balaban J connectivity index is 1.79. The molecule has 0 bridgehead atoms. The highest BCUT2D eigenvalue weighted by Gasteiger charge is 2.25. The van der Waals surface area contributed by atoms with Gasteiger partial charge in [0.05, 0.1) is 22.6 Å². The smallest absolute Gasteiger partial charge is 0.283 e. The van der Waals surface area contributed by atoms with Gasteiger partial charge < -0.3 is 0 Å². The largest absolute Gasteiger partial charge is 0.310 e. The number of carbonyl (C=O) groups is 2. The second kappa shape index (κ2) is 7.36. The van der Waals surface area contributed by atoms with Gasteiger partial charge in [0.15, 0.2) is 0 Å². The highest BCUT2D eigenvalue weighted by Crippen LogP contribution is 2.18. The van der Waals surface area contributed by atoms with E-state index in [1.807, 2.05) is 50.2 Å². The standard InChI is InChI=1S/C19H20N6O2/c1-11-10-12(2)21-19(20-11)23-22-18(27)17(26)16-13(3)24-25(14(16)4)15-8-6-5-7-9-15/h5-10H,1-4H3,(H,22,27)(H,20,21,23). The molecule has 138 valence electrons. The summed E-state index contributed by atoms with van der Waals surface area (Å²) in [6.07, 6.45) is 0. The molecule has 2 aromatic heterocycles. The van der Waals surface area contributed by atoms with Crippen LogP contribution in [0.15, 0.2) is 36.4 Å². The number of para-hydroxylation sites is 1. The summed E-state index contributed by atoms with van der Waals surface area (Å²) < 4.78 is 1.65. The van der Waals surface area contributed by atoms with Crippen LogP contribution in [0.4, 0.5) is 5.95 Å². The molecule has 0 unspecified atom stereocenters. The number of hydrazine groups is 1. The maximum absolute atomic E-state index is 12.6. The third-order valence-corrected chi connectivity index (χ3v) is 4.00. The molecule has 3 rings (SSSR count). The van der Waals surface area contributed by atoms with Crippen LogP contribution < -0.4 is 10.9 Å². The zero-order chi connectivity index (χ0) is 19.6. The van der Waals surface area contributed by atoms with Crippen LogP contribution in [0.5, 0.6) is 0 Å². The summed E-state index contributed by atoms with van der Waals surface area (Å²) in [6.45, 7) is 7.09. The molecule has 0 saturated carbocycles. The number of nitrogens with one attached hydrogen (secondary N) is 2. The summed E-state index contributed by atoms with van der Waals surface area (Å²) in [6, 6.07) is 11.2. The average Bonchev–Trinajstić information content (AvgIpc) is 2.93. The fourth-order valence-electron chi connectivity index (χ4n) is 2.86. The lowest BCUT2D eigenvalue weighted by Crippen LogP contribution is -2.36. The number of amides is 1. The van der Waals surface area contributed by atoms with Crippen molar-refractivity contribution in [3.63, 3.8) is 0 Å². The Morgan fingerprint density at radius 2 is 1.59 bits per heavy atom. The number of rotatable bonds is 5. The number of aryl methyl sites for hydroxylation is 3. The van der Waals surface area contributed by atoms with Gasteiger partial charge in [-0.15, -0.1) is 0 Å². The van der Waals surface area contributed by atoms with Gasteiger partial charge in [0.1, 0.15) is 0 Å². The third-order valence-electron chi connectivity index (χ3n) is 4.00. The quantitative estimate of drug-likeness (QED) is 0.409. The van der Waals surface area contributed by atoms with E-state index in [1.165, 1.54) is 0 Å². The number of carbonyl (C=O) groups excluding carboxylic acids is 2. The number of benzene rings is 1. The van der Waals surface area contributed by atoms with Crippen LogP contribution in [-0.4, -0.2) is 31.4 Å². The molecule has 3 aromatic rings. The molecule has 1 aromatic carbocycles. The van der Waals surface area contributed by atoms with E-state index in [4.69, 9.17) is 0 Å². The first-order valence-electron chi connectivity index (χ1n) is 8.41. The third kappa shape index (κ3) is 3.84. The number of Topliss-reactive ketones (excluding diaryl/α,β-unsaturated/α-hetero) is 1. The molecule has 8 nitrogen and oxygen atoms in total. The van der Waals surface area contributed by atoms with Gasteiger partial charge in [0.25, 0.3) is 5.78 Å². The fraction of sp³-hybridized carbons (Fsp3) is 0.211. The van der Waals surface area contributed by atoms with Gasteiger partial charge >= 0.3 is 5.91 Å². The topological polar surface area (TPSA) is 102 Å². The van der Waals surface area contributed by atoms with Crippen LogP contribution >= 0.6 is 0 Å². The molecule has 2 heterocycles. The first-order chi connectivity index (χ1) is 12.9. The molecule has 0 aliphatic rings. The van der Waals surface area contributed by atoms with Gasteiger partial charge in [-0.05, 0) is 45.9 Å². The molecule has 27 heavy (non-hydrogen) atoms. The summed E-state index contributed by atoms with van der Waals surface area (Å²) in [5.74, 6) is -1.26. The van der Waals surface area contributed by atoms with Crippen LogP contribution in [0.25, 0.3) is 5.69 Å². The van der Waals surface area contributed by atoms with E-state index in [0.29, 0.717) is 11.4 Å². The van der Waals surface area contributed by atoms with E-state index in [1.54, 1.807) is 18.5 Å². The highest BCUT2D eigenvalue weighted by molar-refractivity contribution is 6.43. The number of nitrogens with zero attached hydrogens (tertiary/aromatic N) is 4. The number of anilines is 1. The highest BCUT2D eigenvalue weighted by atomic mass is 16.2. The molecule has 2 N–H and O–H groups in total. The predicted molar refractivity (Wildman–Crippen MR) is 101 cm³/mol. The molecule has 0 radical (unpaired) electrons. The Labute approximate surface area is 156 Å². The molecule has 0 spiro atoms. The minimum atomic E-state index is -0.809. The Morgan fingerprint density at radius 1 is 0.963 bits per heavy atom. The van der Waals surface area contributed by atoms with Gasteiger partial charge in [-0.25, -0.2) is 14.6 Å². The van der Waals surface area contributed by atoms with Crippen LogP contribution in [0.2, 0.25) is 0 Å². The maximum Gasteiger partial charge on any atom is 0.310 e. The Kier molecular flexibility index (Phi) is 4.98. The number of hydrogen-bond acceptors (Lipinski definition) is 6. The monoisotopic (exact) mass is 364 g/mol. The van der Waals surface area contributed by atoms with E-state index in [2.05, 4.69) is 25.9 Å². The van der Waals surface area contributed by atoms with Gasteiger partial charge in [0.2, 0.25) is 5.95 Å². The van der Waals surface area contributed by atoms with Crippen LogP contribution in [0, 0.1) is 27.7 Å². The van der Waals surface area contributed by atoms with E-state index in [9.17, 15) is 9.59 Å². The van der Waals surface area contributed by atoms with Crippen molar-refractivity contribution in [1.82, 2.24) is 25.2 Å². The fourth-order valence-corrected chi connectivity index (χ4v) is 2.86. The van der Waals surface area contributed by atoms with E-state index in [0.717, 1.165) is 17.1 Å². The zero-order valence-corrected chi connectivity index (χ0v) is 15.6. The van der Waals surface area contributed by atoms with Crippen molar-refractivity contribution in [3.05, 3.63) is 64.7 Å². The average molecular weight is 364 g/mol. The van der Waals surface area contributed by atoms with Crippen molar-refractivity contribution in [1.29, 1.82) is 0 Å². The SMILES string of the molecule is Cc1cc(C)nc(NNC(=O)C(=O)c2c(C)nn(-c3ccccc3)c2C)n1. The minimum Gasteiger partial charge on any atom is -0.283 e. The first-order valence-corrected chi connectivity index (χ1v) is 8.41. The number of ketones is 1. The normalized spacial score (nSPS) is 10.5. The predicted octanol–water partition coefficient (Wildman–Crippen LogP) is 2.22. The molecular weight excluding hydrogens is 344 g/mol. The van der Waals surface area contributed by atoms with Crippen molar-refractivity contribution in [2.24, 2.45) is 0 Å². The minimum absolute atomic E-state index is 0.224. The molecule has 0 atom stereocenters. The van der Waals surface area contributed by atoms with E-state index in [-0.39, 0.29) is 11.5 Å². The van der Waals surface area contributed by atoms with Crippen molar-refractivity contribution < 1.29 is 9.59 Å². The molecule has 8 heteroatoms. The zero-order valence-electron chi connectivity index (χ0n) is 15.6. The molecular formula is C19H20N6O2. The molecule has 0 saturated heterocycles. The van der Waals surface area contributed by atoms with Gasteiger partial charge in [-0.1, -0.05) is 18.2 Å². The van der Waals surface area contributed by atoms with E-state index >= 15 is 0 Å². The maximum atomic E-state index is 12.6. The summed E-state index contributed by atoms with van der Waals surface area (Å²) in [7, 11) is 0. The lowest BCUT2D eigenvalue weighted by Gasteiger charge is -2.08. The summed E-state index contributed by atoms with van der Waals surface area (Å²) >= 11 is 0. The summed E-state index contributed by atoms with van der Waals surface area (Å²) in [4.78, 5) is 33.3. The molecule has 0 aliphatic carbocycles. The van der Waals surface area contributed by atoms with E-state index < -0.39 is 11.7 Å². The molecule has 0 aliphatic heterocycles. The summed E-state index contributed by atoms with van der Waals surface area (Å²) in [5.41, 5.74) is 8.62. The Hall–Kier alpha value is -3.55. The van der Waals surface area contributed by atoms with Crippen LogP contribution in [-0.2, 0) is 4.79 Å². The van der Waals surface area contributed by atoms with Crippen LogP contribution in [0.1, 0.15) is 33.1 Å². The van der Waals surface area contributed by atoms with Gasteiger partial charge in [-0.2, -0.15) is 5.10 Å². The second-order valence-corrected chi connectivity index (χ2v) is 6.18. The van der Waals surface area contributed by atoms with Gasteiger partial charge in [-0.3, -0.25) is 20.4 Å².